The van der Waals surface area contributed by atoms with Crippen molar-refractivity contribution < 1.29 is 9.53 Å². The van der Waals surface area contributed by atoms with Crippen molar-refractivity contribution in [1.29, 1.82) is 0 Å². The highest BCUT2D eigenvalue weighted by Crippen LogP contribution is 2.43. The number of esters is 1. The summed E-state index contributed by atoms with van der Waals surface area (Å²) in [6, 6.07) is -0.463. The lowest BCUT2D eigenvalue weighted by molar-refractivity contribution is -0.157. The highest BCUT2D eigenvalue weighted by molar-refractivity contribution is 5.75. The first-order chi connectivity index (χ1) is 6.72. The van der Waals surface area contributed by atoms with Crippen molar-refractivity contribution in [1.82, 2.24) is 0 Å². The zero-order valence-corrected chi connectivity index (χ0v) is 10.3. The van der Waals surface area contributed by atoms with Crippen LogP contribution in [0.4, 0.5) is 0 Å². The van der Waals surface area contributed by atoms with Crippen LogP contribution in [-0.4, -0.2) is 17.6 Å². The molecule has 0 heterocycles. The lowest BCUT2D eigenvalue weighted by Crippen LogP contribution is -2.42. The summed E-state index contributed by atoms with van der Waals surface area (Å²) in [5, 5.41) is 0. The monoisotopic (exact) mass is 213 g/mol. The zero-order chi connectivity index (χ0) is 11.7. The molecule has 2 N–H and O–H groups in total. The van der Waals surface area contributed by atoms with Crippen molar-refractivity contribution in [2.24, 2.45) is 11.1 Å². The minimum Gasteiger partial charge on any atom is -0.459 e. The summed E-state index contributed by atoms with van der Waals surface area (Å²) >= 11 is 0. The van der Waals surface area contributed by atoms with Gasteiger partial charge in [-0.15, -0.1) is 0 Å². The molecule has 0 radical (unpaired) electrons. The molecule has 0 aromatic carbocycles. The number of ether oxygens (including phenoxy) is 1. The van der Waals surface area contributed by atoms with Gasteiger partial charge in [0.1, 0.15) is 11.6 Å². The first-order valence-corrected chi connectivity index (χ1v) is 5.70. The van der Waals surface area contributed by atoms with Crippen molar-refractivity contribution in [3.63, 3.8) is 0 Å². The second kappa shape index (κ2) is 4.12. The fraction of sp³-hybridized carbons (Fsp3) is 0.917. The van der Waals surface area contributed by atoms with E-state index in [4.69, 9.17) is 10.5 Å². The molecule has 1 aliphatic rings. The van der Waals surface area contributed by atoms with Crippen LogP contribution in [0.15, 0.2) is 0 Å². The maximum absolute atomic E-state index is 11.6. The molecular formula is C12H23NO2. The average Bonchev–Trinajstić information content (AvgIpc) is 1.98. The Hall–Kier alpha value is -0.570. The molecule has 1 fully saturated rings. The Balaban J connectivity index is 2.39. The molecule has 3 nitrogen and oxygen atoms in total. The molecule has 0 aromatic heterocycles. The van der Waals surface area contributed by atoms with Crippen LogP contribution < -0.4 is 5.73 Å². The number of hydrogen-bond donors (Lipinski definition) is 1. The fourth-order valence-corrected chi connectivity index (χ4v) is 1.98. The molecule has 1 aliphatic carbocycles. The Morgan fingerprint density at radius 2 is 2.00 bits per heavy atom. The van der Waals surface area contributed by atoms with Crippen LogP contribution >= 0.6 is 0 Å². The first-order valence-electron chi connectivity index (χ1n) is 5.70. The Morgan fingerprint density at radius 3 is 2.33 bits per heavy atom. The van der Waals surface area contributed by atoms with Gasteiger partial charge in [-0.25, -0.2) is 0 Å². The molecule has 1 atom stereocenters. The van der Waals surface area contributed by atoms with Crippen molar-refractivity contribution in [3.8, 4) is 0 Å². The van der Waals surface area contributed by atoms with E-state index in [1.807, 2.05) is 20.8 Å². The number of rotatable bonds is 3. The smallest absolute Gasteiger partial charge is 0.323 e. The van der Waals surface area contributed by atoms with Crippen LogP contribution in [0, 0.1) is 5.41 Å². The lowest BCUT2D eigenvalue weighted by atomic mass is 9.67. The molecule has 0 bridgehead atoms. The highest BCUT2D eigenvalue weighted by Gasteiger charge is 2.36. The standard InChI is InChI=1S/C12H23NO2/c1-11(2,3)15-10(14)9(13)8-12(4)6-5-7-12/h9H,5-8,13H2,1-4H3. The van der Waals surface area contributed by atoms with Gasteiger partial charge in [-0.1, -0.05) is 13.3 Å². The molecular weight excluding hydrogens is 190 g/mol. The molecule has 0 aromatic rings. The van der Waals surface area contributed by atoms with Crippen LogP contribution in [-0.2, 0) is 9.53 Å². The second-order valence-electron chi connectivity index (χ2n) is 6.01. The van der Waals surface area contributed by atoms with Gasteiger partial charge >= 0.3 is 5.97 Å². The molecule has 3 heteroatoms. The van der Waals surface area contributed by atoms with Gasteiger partial charge < -0.3 is 10.5 Å². The third-order valence-electron chi connectivity index (χ3n) is 2.98. The summed E-state index contributed by atoms with van der Waals surface area (Å²) in [5.41, 5.74) is 5.68. The molecule has 0 spiro atoms. The summed E-state index contributed by atoms with van der Waals surface area (Å²) in [5.74, 6) is -0.268. The van der Waals surface area contributed by atoms with Crippen LogP contribution in [0.3, 0.4) is 0 Å². The maximum Gasteiger partial charge on any atom is 0.323 e. The normalized spacial score (nSPS) is 21.7. The predicted octanol–water partition coefficient (Wildman–Crippen LogP) is 2.24. The second-order valence-corrected chi connectivity index (χ2v) is 6.01. The lowest BCUT2D eigenvalue weighted by Gasteiger charge is -2.40. The summed E-state index contributed by atoms with van der Waals surface area (Å²) in [6.07, 6.45) is 4.38. The van der Waals surface area contributed by atoms with E-state index in [1.165, 1.54) is 19.3 Å². The third-order valence-corrected chi connectivity index (χ3v) is 2.98. The van der Waals surface area contributed by atoms with Gasteiger partial charge in [0.25, 0.3) is 0 Å². The average molecular weight is 213 g/mol. The van der Waals surface area contributed by atoms with Crippen molar-refractivity contribution >= 4 is 5.97 Å². The van der Waals surface area contributed by atoms with Gasteiger partial charge in [0.15, 0.2) is 0 Å². The molecule has 0 saturated heterocycles. The number of carbonyl (C=O) groups excluding carboxylic acids is 1. The van der Waals surface area contributed by atoms with E-state index in [-0.39, 0.29) is 11.4 Å². The van der Waals surface area contributed by atoms with E-state index < -0.39 is 11.6 Å². The van der Waals surface area contributed by atoms with Crippen molar-refractivity contribution in [2.75, 3.05) is 0 Å². The molecule has 15 heavy (non-hydrogen) atoms. The molecule has 1 unspecified atom stereocenters. The minimum absolute atomic E-state index is 0.268. The van der Waals surface area contributed by atoms with Crippen molar-refractivity contribution in [3.05, 3.63) is 0 Å². The van der Waals surface area contributed by atoms with Gasteiger partial charge in [-0.2, -0.15) is 0 Å². The third kappa shape index (κ3) is 3.82. The van der Waals surface area contributed by atoms with Gasteiger partial charge in [-0.3, -0.25) is 4.79 Å². The van der Waals surface area contributed by atoms with E-state index in [0.29, 0.717) is 0 Å². The van der Waals surface area contributed by atoms with E-state index in [0.717, 1.165) is 6.42 Å². The van der Waals surface area contributed by atoms with Gasteiger partial charge in [-0.05, 0) is 45.4 Å². The summed E-state index contributed by atoms with van der Waals surface area (Å²) in [4.78, 5) is 11.6. The van der Waals surface area contributed by atoms with Gasteiger partial charge in [0.05, 0.1) is 0 Å². The Labute approximate surface area is 92.4 Å². The molecule has 1 saturated carbocycles. The van der Waals surface area contributed by atoms with Gasteiger partial charge in [0, 0.05) is 0 Å². The SMILES string of the molecule is CC1(CC(N)C(=O)OC(C)(C)C)CCC1. The summed E-state index contributed by atoms with van der Waals surface area (Å²) < 4.78 is 5.25. The topological polar surface area (TPSA) is 52.3 Å². The summed E-state index contributed by atoms with van der Waals surface area (Å²) in [6.45, 7) is 7.79. The Bertz CT molecular complexity index is 238. The minimum atomic E-state index is -0.463. The predicted molar refractivity (Wildman–Crippen MR) is 60.4 cm³/mol. The summed E-state index contributed by atoms with van der Waals surface area (Å²) in [7, 11) is 0. The van der Waals surface area contributed by atoms with Crippen LogP contribution in [0.5, 0.6) is 0 Å². The number of hydrogen-bond acceptors (Lipinski definition) is 3. The fourth-order valence-electron chi connectivity index (χ4n) is 1.98. The van der Waals surface area contributed by atoms with E-state index >= 15 is 0 Å². The molecule has 0 amide bonds. The van der Waals surface area contributed by atoms with Gasteiger partial charge in [0.2, 0.25) is 0 Å². The molecule has 1 rings (SSSR count). The van der Waals surface area contributed by atoms with E-state index in [1.54, 1.807) is 0 Å². The molecule has 88 valence electrons. The highest BCUT2D eigenvalue weighted by atomic mass is 16.6. The zero-order valence-electron chi connectivity index (χ0n) is 10.3. The van der Waals surface area contributed by atoms with E-state index in [9.17, 15) is 4.79 Å². The van der Waals surface area contributed by atoms with Crippen LogP contribution in [0.1, 0.15) is 53.4 Å². The van der Waals surface area contributed by atoms with E-state index in [2.05, 4.69) is 6.92 Å². The Morgan fingerprint density at radius 1 is 1.47 bits per heavy atom. The van der Waals surface area contributed by atoms with Crippen molar-refractivity contribution in [2.45, 2.75) is 65.0 Å². The largest absolute Gasteiger partial charge is 0.459 e. The van der Waals surface area contributed by atoms with Crippen LogP contribution in [0.2, 0.25) is 0 Å². The molecule has 0 aliphatic heterocycles. The maximum atomic E-state index is 11.6. The first kappa shape index (κ1) is 12.5. The quantitative estimate of drug-likeness (QED) is 0.731. The number of carbonyl (C=O) groups is 1. The Kier molecular flexibility index (Phi) is 3.44. The van der Waals surface area contributed by atoms with Crippen LogP contribution in [0.25, 0.3) is 0 Å². The number of nitrogens with two attached hydrogens (primary N) is 1.